The highest BCUT2D eigenvalue weighted by atomic mass is 79.9. The monoisotopic (exact) mass is 373 g/mol. The molecule has 0 spiro atoms. The van der Waals surface area contributed by atoms with Gasteiger partial charge in [0.2, 0.25) is 0 Å². The Hall–Kier alpha value is -0.840. The topological polar surface area (TPSA) is 37.8 Å². The highest BCUT2D eigenvalue weighted by Gasteiger charge is 2.12. The van der Waals surface area contributed by atoms with E-state index in [-0.39, 0.29) is 5.92 Å². The highest BCUT2D eigenvalue weighted by molar-refractivity contribution is 9.10. The molecule has 20 heavy (non-hydrogen) atoms. The summed E-state index contributed by atoms with van der Waals surface area (Å²) in [6.45, 7) is 5.95. The number of nitrogens with zero attached hydrogens (tertiary/aromatic N) is 2. The zero-order chi connectivity index (χ0) is 14.9. The Kier molecular flexibility index (Phi) is 4.89. The predicted octanol–water partition coefficient (Wildman–Crippen LogP) is 5.72. The Labute approximate surface area is 136 Å². The Bertz CT molecular complexity index is 645. The Morgan fingerprint density at radius 3 is 2.50 bits per heavy atom. The molecule has 2 rings (SSSR count). The van der Waals surface area contributed by atoms with Crippen LogP contribution in [0.2, 0.25) is 10.2 Å². The second kappa shape index (κ2) is 6.29. The Balaban J connectivity index is 2.39. The molecule has 6 heteroatoms. The minimum absolute atomic E-state index is 0.214. The molecule has 0 atom stereocenters. The van der Waals surface area contributed by atoms with Crippen LogP contribution in [0.15, 0.2) is 22.7 Å². The van der Waals surface area contributed by atoms with Crippen LogP contribution in [-0.2, 0) is 0 Å². The fourth-order valence-electron chi connectivity index (χ4n) is 1.60. The van der Waals surface area contributed by atoms with Gasteiger partial charge in [0.1, 0.15) is 16.8 Å². The first-order valence-corrected chi connectivity index (χ1v) is 7.69. The van der Waals surface area contributed by atoms with Crippen LogP contribution in [0.1, 0.15) is 31.2 Å². The molecule has 1 aromatic carbocycles. The average Bonchev–Trinajstić information content (AvgIpc) is 2.38. The molecular formula is C14H14BrCl2N3. The van der Waals surface area contributed by atoms with Crippen molar-refractivity contribution in [3.63, 3.8) is 0 Å². The first kappa shape index (κ1) is 15.5. The van der Waals surface area contributed by atoms with E-state index in [1.54, 1.807) is 0 Å². The number of anilines is 2. The number of rotatable bonds is 3. The first-order valence-electron chi connectivity index (χ1n) is 6.14. The van der Waals surface area contributed by atoms with E-state index in [0.29, 0.717) is 16.0 Å². The van der Waals surface area contributed by atoms with E-state index in [4.69, 9.17) is 23.2 Å². The maximum absolute atomic E-state index is 6.16. The van der Waals surface area contributed by atoms with Crippen LogP contribution in [0.4, 0.5) is 11.5 Å². The van der Waals surface area contributed by atoms with Gasteiger partial charge < -0.3 is 5.32 Å². The van der Waals surface area contributed by atoms with Crippen molar-refractivity contribution >= 4 is 50.6 Å². The molecule has 1 N–H and O–H groups in total. The molecule has 1 aromatic heterocycles. The molecule has 0 saturated heterocycles. The molecule has 0 radical (unpaired) electrons. The molecule has 3 nitrogen and oxygen atoms in total. The van der Waals surface area contributed by atoms with Crippen molar-refractivity contribution < 1.29 is 0 Å². The van der Waals surface area contributed by atoms with Crippen molar-refractivity contribution in [3.8, 4) is 0 Å². The van der Waals surface area contributed by atoms with Gasteiger partial charge in [0.05, 0.1) is 5.02 Å². The first-order chi connectivity index (χ1) is 9.38. The molecule has 0 amide bonds. The van der Waals surface area contributed by atoms with Crippen LogP contribution < -0.4 is 5.32 Å². The van der Waals surface area contributed by atoms with Crippen molar-refractivity contribution in [2.24, 2.45) is 0 Å². The van der Waals surface area contributed by atoms with Gasteiger partial charge in [-0.2, -0.15) is 0 Å². The third-order valence-corrected chi connectivity index (χ3v) is 4.38. The van der Waals surface area contributed by atoms with Crippen molar-refractivity contribution in [2.45, 2.75) is 26.7 Å². The number of hydrogen-bond acceptors (Lipinski definition) is 3. The molecule has 2 aromatic rings. The van der Waals surface area contributed by atoms with Gasteiger partial charge >= 0.3 is 0 Å². The summed E-state index contributed by atoms with van der Waals surface area (Å²) in [5.41, 5.74) is 1.70. The third kappa shape index (κ3) is 3.43. The van der Waals surface area contributed by atoms with Crippen LogP contribution >= 0.6 is 39.1 Å². The van der Waals surface area contributed by atoms with E-state index in [1.165, 1.54) is 0 Å². The van der Waals surface area contributed by atoms with Gasteiger partial charge in [-0.05, 0) is 41.1 Å². The van der Waals surface area contributed by atoms with Gasteiger partial charge in [-0.1, -0.05) is 37.0 Å². The molecular weight excluding hydrogens is 361 g/mol. The number of benzene rings is 1. The summed E-state index contributed by atoms with van der Waals surface area (Å²) in [7, 11) is 0. The quantitative estimate of drug-likeness (QED) is 0.698. The smallest absolute Gasteiger partial charge is 0.138 e. The molecule has 0 aliphatic heterocycles. The normalized spacial score (nSPS) is 10.9. The van der Waals surface area contributed by atoms with Gasteiger partial charge in [-0.15, -0.1) is 0 Å². The fourth-order valence-corrected chi connectivity index (χ4v) is 2.27. The van der Waals surface area contributed by atoms with Crippen LogP contribution in [0, 0.1) is 6.92 Å². The summed E-state index contributed by atoms with van der Waals surface area (Å²) >= 11 is 15.5. The van der Waals surface area contributed by atoms with Crippen molar-refractivity contribution in [2.75, 3.05) is 5.32 Å². The van der Waals surface area contributed by atoms with E-state index in [0.717, 1.165) is 21.5 Å². The van der Waals surface area contributed by atoms with E-state index < -0.39 is 0 Å². The van der Waals surface area contributed by atoms with E-state index in [2.05, 4.69) is 31.2 Å². The Morgan fingerprint density at radius 1 is 1.20 bits per heavy atom. The summed E-state index contributed by atoms with van der Waals surface area (Å²) in [6, 6.07) is 5.60. The third-order valence-electron chi connectivity index (χ3n) is 2.80. The average molecular weight is 375 g/mol. The molecule has 1 heterocycles. The molecule has 0 aliphatic carbocycles. The van der Waals surface area contributed by atoms with Crippen molar-refractivity contribution in [1.82, 2.24) is 9.97 Å². The van der Waals surface area contributed by atoms with Crippen LogP contribution in [-0.4, -0.2) is 9.97 Å². The van der Waals surface area contributed by atoms with Gasteiger partial charge in [-0.25, -0.2) is 9.97 Å². The largest absolute Gasteiger partial charge is 0.340 e. The van der Waals surface area contributed by atoms with Crippen molar-refractivity contribution in [3.05, 3.63) is 44.2 Å². The SMILES string of the molecule is Cc1c(Cl)nc(C(C)C)nc1Nc1ccc(Cl)c(Br)c1. The number of nitrogens with one attached hydrogen (secondary N) is 1. The lowest BCUT2D eigenvalue weighted by Gasteiger charge is -2.13. The van der Waals surface area contributed by atoms with Gasteiger partial charge in [-0.3, -0.25) is 0 Å². The predicted molar refractivity (Wildman–Crippen MR) is 88.3 cm³/mol. The van der Waals surface area contributed by atoms with Gasteiger partial charge in [0.15, 0.2) is 0 Å². The van der Waals surface area contributed by atoms with Crippen molar-refractivity contribution in [1.29, 1.82) is 0 Å². The molecule has 0 fully saturated rings. The van der Waals surface area contributed by atoms with Gasteiger partial charge in [0, 0.05) is 21.6 Å². The lowest BCUT2D eigenvalue weighted by atomic mass is 10.2. The highest BCUT2D eigenvalue weighted by Crippen LogP contribution is 2.29. The number of halogens is 3. The lowest BCUT2D eigenvalue weighted by molar-refractivity contribution is 0.773. The zero-order valence-electron chi connectivity index (χ0n) is 11.3. The molecule has 0 saturated carbocycles. The van der Waals surface area contributed by atoms with Crippen LogP contribution in [0.25, 0.3) is 0 Å². The summed E-state index contributed by atoms with van der Waals surface area (Å²) in [5, 5.41) is 4.39. The second-order valence-electron chi connectivity index (χ2n) is 4.75. The van der Waals surface area contributed by atoms with E-state index in [1.807, 2.05) is 39.0 Å². The maximum atomic E-state index is 6.16. The Morgan fingerprint density at radius 2 is 1.90 bits per heavy atom. The van der Waals surface area contributed by atoms with Crippen LogP contribution in [0.5, 0.6) is 0 Å². The molecule has 0 bridgehead atoms. The minimum atomic E-state index is 0.214. The molecule has 0 aliphatic rings. The summed E-state index contributed by atoms with van der Waals surface area (Å²) in [4.78, 5) is 8.82. The lowest BCUT2D eigenvalue weighted by Crippen LogP contribution is -2.05. The number of hydrogen-bond donors (Lipinski definition) is 1. The maximum Gasteiger partial charge on any atom is 0.138 e. The van der Waals surface area contributed by atoms with Crippen LogP contribution in [0.3, 0.4) is 0 Å². The summed E-state index contributed by atoms with van der Waals surface area (Å²) < 4.78 is 0.825. The summed E-state index contributed by atoms with van der Waals surface area (Å²) in [6.07, 6.45) is 0. The fraction of sp³-hybridized carbons (Fsp3) is 0.286. The number of aromatic nitrogens is 2. The summed E-state index contributed by atoms with van der Waals surface area (Å²) in [5.74, 6) is 1.64. The zero-order valence-corrected chi connectivity index (χ0v) is 14.4. The standard InChI is InChI=1S/C14H14BrCl2N3/c1-7(2)13-19-12(17)8(3)14(20-13)18-9-4-5-11(16)10(15)6-9/h4-7H,1-3H3,(H,18,19,20). The minimum Gasteiger partial charge on any atom is -0.340 e. The molecule has 0 unspecified atom stereocenters. The van der Waals surface area contributed by atoms with Gasteiger partial charge in [0.25, 0.3) is 0 Å². The van der Waals surface area contributed by atoms with E-state index >= 15 is 0 Å². The van der Waals surface area contributed by atoms with E-state index in [9.17, 15) is 0 Å². The molecule has 106 valence electrons. The second-order valence-corrected chi connectivity index (χ2v) is 6.37.